The maximum atomic E-state index is 8.16. The molecule has 0 saturated heterocycles. The quantitative estimate of drug-likeness (QED) is 0.479. The van der Waals surface area contributed by atoms with Crippen molar-refractivity contribution < 1.29 is 0 Å². The molecular formula is C8H3BrN2. The van der Waals surface area contributed by atoms with E-state index >= 15 is 0 Å². The monoisotopic (exact) mass is 206 g/mol. The lowest BCUT2D eigenvalue weighted by Gasteiger charge is -1.90. The second-order valence-corrected chi connectivity index (χ2v) is 2.45. The number of nitrogens with zero attached hydrogens (tertiary/aromatic N) is 2. The zero-order valence-corrected chi connectivity index (χ0v) is 7.09. The van der Waals surface area contributed by atoms with Gasteiger partial charge in [-0.25, -0.2) is 4.98 Å². The molecule has 0 bridgehead atoms. The highest BCUT2D eigenvalue weighted by Crippen LogP contribution is 2.09. The fourth-order valence-electron chi connectivity index (χ4n) is 0.575. The molecule has 1 aromatic rings. The van der Waals surface area contributed by atoms with Gasteiger partial charge in [0.25, 0.3) is 0 Å². The minimum Gasteiger partial charge on any atom is -0.248 e. The van der Waals surface area contributed by atoms with Crippen LogP contribution in [0.1, 0.15) is 5.56 Å². The Kier molecular flexibility index (Phi) is 2.66. The summed E-state index contributed by atoms with van der Waals surface area (Å²) >= 11 is 3.20. The van der Waals surface area contributed by atoms with Crippen LogP contribution >= 0.6 is 15.9 Å². The standard InChI is InChI=1S/C8H3BrN2/c9-8-7(3-1-5-10)4-2-6-11-8/h2,4,6H. The SMILES string of the molecule is N#CC#Cc1cccnc1Br. The molecule has 0 saturated carbocycles. The van der Waals surface area contributed by atoms with E-state index in [1.807, 2.05) is 0 Å². The predicted molar refractivity (Wildman–Crippen MR) is 44.4 cm³/mol. The van der Waals surface area contributed by atoms with Crippen molar-refractivity contribution in [1.29, 1.82) is 5.26 Å². The van der Waals surface area contributed by atoms with E-state index in [0.29, 0.717) is 4.60 Å². The maximum absolute atomic E-state index is 8.16. The number of hydrogen-bond donors (Lipinski definition) is 0. The summed E-state index contributed by atoms with van der Waals surface area (Å²) in [5, 5.41) is 8.16. The summed E-state index contributed by atoms with van der Waals surface area (Å²) in [5.41, 5.74) is 0.731. The van der Waals surface area contributed by atoms with Crippen molar-refractivity contribution in [1.82, 2.24) is 4.98 Å². The molecule has 0 N–H and O–H groups in total. The van der Waals surface area contributed by atoms with Crippen molar-refractivity contribution in [3.05, 3.63) is 28.5 Å². The van der Waals surface area contributed by atoms with Gasteiger partial charge < -0.3 is 0 Å². The first-order chi connectivity index (χ1) is 5.34. The first-order valence-corrected chi connectivity index (χ1v) is 3.64. The van der Waals surface area contributed by atoms with Crippen LogP contribution < -0.4 is 0 Å². The molecule has 0 fully saturated rings. The fourth-order valence-corrected chi connectivity index (χ4v) is 0.924. The van der Waals surface area contributed by atoms with E-state index < -0.39 is 0 Å². The highest BCUT2D eigenvalue weighted by atomic mass is 79.9. The minimum atomic E-state index is 0.669. The molecule has 0 radical (unpaired) electrons. The van der Waals surface area contributed by atoms with Gasteiger partial charge in [0.1, 0.15) is 4.60 Å². The number of halogens is 1. The molecule has 11 heavy (non-hydrogen) atoms. The number of hydrogen-bond acceptors (Lipinski definition) is 2. The number of aromatic nitrogens is 1. The van der Waals surface area contributed by atoms with Gasteiger partial charge in [0.2, 0.25) is 0 Å². The third-order valence-corrected chi connectivity index (χ3v) is 1.64. The summed E-state index contributed by atoms with van der Waals surface area (Å²) in [7, 11) is 0. The predicted octanol–water partition coefficient (Wildman–Crippen LogP) is 1.72. The molecular weight excluding hydrogens is 204 g/mol. The highest BCUT2D eigenvalue weighted by molar-refractivity contribution is 9.10. The van der Waals surface area contributed by atoms with Gasteiger partial charge >= 0.3 is 0 Å². The molecule has 1 rings (SSSR count). The van der Waals surface area contributed by atoms with Gasteiger partial charge in [-0.05, 0) is 34.0 Å². The van der Waals surface area contributed by atoms with Crippen LogP contribution in [0.2, 0.25) is 0 Å². The first kappa shape index (κ1) is 7.78. The Hall–Kier alpha value is -1.32. The van der Waals surface area contributed by atoms with Crippen LogP contribution in [0.4, 0.5) is 0 Å². The van der Waals surface area contributed by atoms with Crippen molar-refractivity contribution in [3.8, 4) is 17.9 Å². The highest BCUT2D eigenvalue weighted by Gasteiger charge is 1.92. The van der Waals surface area contributed by atoms with Crippen LogP contribution in [0.15, 0.2) is 22.9 Å². The Balaban J connectivity index is 3.07. The van der Waals surface area contributed by atoms with Crippen molar-refractivity contribution in [2.45, 2.75) is 0 Å². The summed E-state index contributed by atoms with van der Waals surface area (Å²) < 4.78 is 0.669. The zero-order valence-electron chi connectivity index (χ0n) is 5.50. The van der Waals surface area contributed by atoms with Gasteiger partial charge in [-0.2, -0.15) is 5.26 Å². The lowest BCUT2D eigenvalue weighted by molar-refractivity contribution is 1.26. The summed E-state index contributed by atoms with van der Waals surface area (Å²) in [6.45, 7) is 0. The van der Waals surface area contributed by atoms with Gasteiger partial charge in [-0.15, -0.1) is 0 Å². The second kappa shape index (κ2) is 3.75. The lowest BCUT2D eigenvalue weighted by atomic mass is 10.3. The molecule has 3 heteroatoms. The fraction of sp³-hybridized carbons (Fsp3) is 0. The Morgan fingerprint density at radius 2 is 2.36 bits per heavy atom. The molecule has 0 atom stereocenters. The van der Waals surface area contributed by atoms with Crippen LogP contribution in [0, 0.1) is 23.2 Å². The van der Waals surface area contributed by atoms with Gasteiger partial charge in [0, 0.05) is 12.1 Å². The zero-order chi connectivity index (χ0) is 8.10. The van der Waals surface area contributed by atoms with Gasteiger partial charge in [0.05, 0.1) is 5.56 Å². The number of pyridine rings is 1. The largest absolute Gasteiger partial charge is 0.248 e. The van der Waals surface area contributed by atoms with Gasteiger partial charge in [0.15, 0.2) is 6.07 Å². The molecule has 0 spiro atoms. The Bertz CT molecular complexity index is 354. The average molecular weight is 207 g/mol. The van der Waals surface area contributed by atoms with Crippen molar-refractivity contribution in [3.63, 3.8) is 0 Å². The molecule has 2 nitrogen and oxygen atoms in total. The molecule has 1 heterocycles. The molecule has 0 aliphatic heterocycles. The van der Waals surface area contributed by atoms with E-state index in [4.69, 9.17) is 5.26 Å². The Morgan fingerprint density at radius 1 is 1.55 bits per heavy atom. The normalized spacial score (nSPS) is 7.64. The van der Waals surface area contributed by atoms with Gasteiger partial charge in [-0.1, -0.05) is 0 Å². The van der Waals surface area contributed by atoms with Crippen LogP contribution in [0.25, 0.3) is 0 Å². The van der Waals surface area contributed by atoms with E-state index in [9.17, 15) is 0 Å². The third-order valence-electron chi connectivity index (χ3n) is 1.01. The van der Waals surface area contributed by atoms with Crippen LogP contribution in [0.3, 0.4) is 0 Å². The molecule has 0 aliphatic rings. The third kappa shape index (κ3) is 2.07. The molecule has 0 aromatic carbocycles. The summed E-state index contributed by atoms with van der Waals surface area (Å²) in [6.07, 6.45) is 1.65. The molecule has 0 unspecified atom stereocenters. The van der Waals surface area contributed by atoms with Crippen LogP contribution in [-0.4, -0.2) is 4.98 Å². The van der Waals surface area contributed by atoms with Crippen molar-refractivity contribution >= 4 is 15.9 Å². The summed E-state index contributed by atoms with van der Waals surface area (Å²) in [5.74, 6) is 4.93. The van der Waals surface area contributed by atoms with E-state index in [-0.39, 0.29) is 0 Å². The van der Waals surface area contributed by atoms with Gasteiger partial charge in [-0.3, -0.25) is 0 Å². The van der Waals surface area contributed by atoms with E-state index in [1.165, 1.54) is 0 Å². The number of rotatable bonds is 0. The van der Waals surface area contributed by atoms with Crippen LogP contribution in [0.5, 0.6) is 0 Å². The molecule has 1 aromatic heterocycles. The van der Waals surface area contributed by atoms with Crippen molar-refractivity contribution in [2.75, 3.05) is 0 Å². The lowest BCUT2D eigenvalue weighted by Crippen LogP contribution is -1.79. The topological polar surface area (TPSA) is 36.7 Å². The molecule has 52 valence electrons. The average Bonchev–Trinajstić information content (AvgIpc) is 2.03. The molecule has 0 aliphatic carbocycles. The summed E-state index contributed by atoms with van der Waals surface area (Å²) in [6, 6.07) is 5.30. The second-order valence-electron chi connectivity index (χ2n) is 1.70. The Labute approximate surface area is 73.0 Å². The van der Waals surface area contributed by atoms with E-state index in [2.05, 4.69) is 32.8 Å². The minimum absolute atomic E-state index is 0.669. The van der Waals surface area contributed by atoms with Crippen molar-refractivity contribution in [2.24, 2.45) is 0 Å². The maximum Gasteiger partial charge on any atom is 0.152 e. The van der Waals surface area contributed by atoms with E-state index in [0.717, 1.165) is 5.56 Å². The van der Waals surface area contributed by atoms with Crippen LogP contribution in [-0.2, 0) is 0 Å². The Morgan fingerprint density at radius 3 is 3.00 bits per heavy atom. The van der Waals surface area contributed by atoms with E-state index in [1.54, 1.807) is 24.4 Å². The first-order valence-electron chi connectivity index (χ1n) is 2.85. The number of nitriles is 1. The smallest absolute Gasteiger partial charge is 0.152 e. The summed E-state index contributed by atoms with van der Waals surface area (Å²) in [4.78, 5) is 3.94. The molecule has 0 amide bonds.